The number of para-hydroxylation sites is 1. The molecular weight excluding hydrogens is 594 g/mol. The first-order valence-corrected chi connectivity index (χ1v) is 15.6. The van der Waals surface area contributed by atoms with Gasteiger partial charge in [0.25, 0.3) is 6.43 Å². The number of aliphatic carboxylic acids is 1. The standard InChI is InChI=1S/C28H25ClF2N4O6S/c29-15-9-18(14-5-8-42(38,39)28(11-14)6-7-28)26(32-12-15)40-16-10-19(27(36)37)35(13-16)25-22-21(33-24(34-25)23(30)31)17-3-1-2-4-20(17)41-22/h1-4,9,12,14,16,19,23H,5-8,10-11,13H2,(H,36,37)/t14?,16-,19-/m0/s1. The molecule has 0 bridgehead atoms. The van der Waals surface area contributed by atoms with Crippen LogP contribution in [0.3, 0.4) is 0 Å². The summed E-state index contributed by atoms with van der Waals surface area (Å²) < 4.78 is 64.6. The van der Waals surface area contributed by atoms with E-state index in [0.717, 1.165) is 0 Å². The number of carboxylic acid groups (broad SMARTS) is 1. The summed E-state index contributed by atoms with van der Waals surface area (Å²) in [6.45, 7) is -0.00443. The van der Waals surface area contributed by atoms with Gasteiger partial charge in [0.1, 0.15) is 23.2 Å². The molecule has 220 valence electrons. The highest BCUT2D eigenvalue weighted by molar-refractivity contribution is 7.93. The molecule has 14 heteroatoms. The summed E-state index contributed by atoms with van der Waals surface area (Å²) in [6.07, 6.45) is -0.154. The SMILES string of the molecule is O=C(O)[C@@H]1C[C@H](Oc2ncc(Cl)cc2C2CCS(=O)(=O)C3(CC3)C2)CN1c1nc(C(F)F)nc2c1oc1ccccc12. The number of benzene rings is 1. The van der Waals surface area contributed by atoms with E-state index in [0.29, 0.717) is 47.2 Å². The first-order valence-electron chi connectivity index (χ1n) is 13.6. The fourth-order valence-corrected chi connectivity index (χ4v) is 8.71. The van der Waals surface area contributed by atoms with Crippen molar-refractivity contribution < 1.29 is 36.3 Å². The Balaban J connectivity index is 1.23. The second-order valence-corrected chi connectivity index (χ2v) is 14.1. The number of hydrogen-bond donors (Lipinski definition) is 1. The Hall–Kier alpha value is -3.58. The molecule has 2 aliphatic heterocycles. The van der Waals surface area contributed by atoms with E-state index in [1.165, 1.54) is 11.1 Å². The van der Waals surface area contributed by atoms with Crippen LogP contribution in [0.5, 0.6) is 5.88 Å². The third-order valence-corrected chi connectivity index (χ3v) is 11.5. The number of carboxylic acids is 1. The number of aromatic nitrogens is 3. The first-order chi connectivity index (χ1) is 20.0. The average molecular weight is 619 g/mol. The van der Waals surface area contributed by atoms with Crippen molar-refractivity contribution in [2.75, 3.05) is 17.2 Å². The highest BCUT2D eigenvalue weighted by atomic mass is 35.5. The molecule has 4 aromatic rings. The summed E-state index contributed by atoms with van der Waals surface area (Å²) in [5, 5.41) is 11.0. The minimum Gasteiger partial charge on any atom is -0.480 e. The van der Waals surface area contributed by atoms with Gasteiger partial charge in [-0.15, -0.1) is 0 Å². The van der Waals surface area contributed by atoms with Gasteiger partial charge in [0, 0.05) is 23.6 Å². The number of nitrogens with zero attached hydrogens (tertiary/aromatic N) is 4. The predicted octanol–water partition coefficient (Wildman–Crippen LogP) is 5.30. The Morgan fingerprint density at radius 1 is 1.24 bits per heavy atom. The lowest BCUT2D eigenvalue weighted by molar-refractivity contribution is -0.138. The highest BCUT2D eigenvalue weighted by Gasteiger charge is 2.57. The molecule has 3 atom stereocenters. The monoisotopic (exact) mass is 618 g/mol. The van der Waals surface area contributed by atoms with Crippen LogP contribution >= 0.6 is 11.6 Å². The van der Waals surface area contributed by atoms with Crippen molar-refractivity contribution in [2.24, 2.45) is 0 Å². The van der Waals surface area contributed by atoms with Crippen LogP contribution < -0.4 is 9.64 Å². The zero-order chi connectivity index (χ0) is 29.4. The lowest BCUT2D eigenvalue weighted by Crippen LogP contribution is -2.37. The molecule has 3 aliphatic rings. The Bertz CT molecular complexity index is 1850. The second-order valence-electron chi connectivity index (χ2n) is 11.2. The number of hydrogen-bond acceptors (Lipinski definition) is 9. The van der Waals surface area contributed by atoms with Crippen molar-refractivity contribution in [1.29, 1.82) is 0 Å². The number of carbonyl (C=O) groups is 1. The normalized spacial score (nSPS) is 24.6. The van der Waals surface area contributed by atoms with Gasteiger partial charge >= 0.3 is 5.97 Å². The number of furan rings is 1. The van der Waals surface area contributed by atoms with Crippen molar-refractivity contribution in [3.8, 4) is 5.88 Å². The summed E-state index contributed by atoms with van der Waals surface area (Å²) in [5.41, 5.74) is 1.36. The van der Waals surface area contributed by atoms with Gasteiger partial charge in [-0.05, 0) is 49.8 Å². The molecule has 0 radical (unpaired) electrons. The van der Waals surface area contributed by atoms with Crippen LogP contribution in [0.4, 0.5) is 14.6 Å². The fraction of sp³-hybridized carbons (Fsp3) is 0.429. The quantitative estimate of drug-likeness (QED) is 0.303. The summed E-state index contributed by atoms with van der Waals surface area (Å²) in [4.78, 5) is 26.3. The molecule has 1 saturated carbocycles. The molecule has 3 fully saturated rings. The molecule has 1 spiro atoms. The molecule has 3 aromatic heterocycles. The van der Waals surface area contributed by atoms with E-state index >= 15 is 0 Å². The van der Waals surface area contributed by atoms with Crippen molar-refractivity contribution in [3.05, 3.63) is 52.9 Å². The Labute approximate surface area is 243 Å². The Morgan fingerprint density at radius 3 is 2.76 bits per heavy atom. The Morgan fingerprint density at radius 2 is 2.02 bits per heavy atom. The van der Waals surface area contributed by atoms with Crippen LogP contribution in [0.1, 0.15) is 55.8 Å². The smallest absolute Gasteiger partial charge is 0.326 e. The molecular formula is C28H25ClF2N4O6S. The fourth-order valence-electron chi connectivity index (χ4n) is 6.34. The van der Waals surface area contributed by atoms with Crippen LogP contribution in [0, 0.1) is 0 Å². The van der Waals surface area contributed by atoms with Gasteiger partial charge in [0.05, 0.1) is 22.1 Å². The molecule has 5 heterocycles. The van der Waals surface area contributed by atoms with Gasteiger partial charge in [-0.1, -0.05) is 23.7 Å². The number of alkyl halides is 2. The van der Waals surface area contributed by atoms with Crippen LogP contribution in [0.25, 0.3) is 22.1 Å². The summed E-state index contributed by atoms with van der Waals surface area (Å²) in [5.74, 6) is -1.80. The number of fused-ring (bicyclic) bond motifs is 3. The zero-order valence-electron chi connectivity index (χ0n) is 22.0. The van der Waals surface area contributed by atoms with Crippen molar-refractivity contribution in [2.45, 2.75) is 61.3 Å². The van der Waals surface area contributed by atoms with Gasteiger partial charge in [-0.2, -0.15) is 0 Å². The largest absolute Gasteiger partial charge is 0.480 e. The highest BCUT2D eigenvalue weighted by Crippen LogP contribution is 2.55. The van der Waals surface area contributed by atoms with Gasteiger partial charge in [0.2, 0.25) is 5.88 Å². The molecule has 1 aliphatic carbocycles. The summed E-state index contributed by atoms with van der Waals surface area (Å²) in [7, 11) is -3.17. The van der Waals surface area contributed by atoms with Crippen molar-refractivity contribution in [1.82, 2.24) is 15.0 Å². The number of anilines is 1. The second kappa shape index (κ2) is 9.73. The van der Waals surface area contributed by atoms with Crippen LogP contribution in [0.2, 0.25) is 5.02 Å². The van der Waals surface area contributed by atoms with Gasteiger partial charge in [0.15, 0.2) is 27.1 Å². The predicted molar refractivity (Wildman–Crippen MR) is 149 cm³/mol. The molecule has 1 aromatic carbocycles. The molecule has 2 saturated heterocycles. The van der Waals surface area contributed by atoms with Crippen LogP contribution in [-0.4, -0.2) is 63.6 Å². The minimum atomic E-state index is -3.17. The lowest BCUT2D eigenvalue weighted by Gasteiger charge is -2.30. The number of ether oxygens (including phenoxy) is 1. The minimum absolute atomic E-state index is 0.00443. The third kappa shape index (κ3) is 4.44. The molecule has 7 rings (SSSR count). The number of halogens is 3. The molecule has 0 amide bonds. The van der Waals surface area contributed by atoms with E-state index in [1.54, 1.807) is 30.3 Å². The number of pyridine rings is 1. The van der Waals surface area contributed by atoms with Crippen molar-refractivity contribution in [3.63, 3.8) is 0 Å². The molecule has 1 unspecified atom stereocenters. The van der Waals surface area contributed by atoms with Crippen LogP contribution in [0.15, 0.2) is 40.9 Å². The van der Waals surface area contributed by atoms with E-state index in [-0.39, 0.29) is 47.4 Å². The van der Waals surface area contributed by atoms with E-state index in [9.17, 15) is 27.1 Å². The van der Waals surface area contributed by atoms with E-state index in [1.807, 2.05) is 0 Å². The van der Waals surface area contributed by atoms with E-state index in [2.05, 4.69) is 15.0 Å². The maximum Gasteiger partial charge on any atom is 0.326 e. The maximum absolute atomic E-state index is 13.9. The van der Waals surface area contributed by atoms with Gasteiger partial charge in [-0.25, -0.2) is 36.9 Å². The van der Waals surface area contributed by atoms with Crippen LogP contribution in [-0.2, 0) is 14.6 Å². The first kappa shape index (κ1) is 27.3. The summed E-state index contributed by atoms with van der Waals surface area (Å²) >= 11 is 6.28. The molecule has 42 heavy (non-hydrogen) atoms. The molecule has 1 N–H and O–H groups in total. The number of sulfone groups is 1. The summed E-state index contributed by atoms with van der Waals surface area (Å²) in [6, 6.07) is 7.38. The zero-order valence-corrected chi connectivity index (χ0v) is 23.6. The average Bonchev–Trinajstić information content (AvgIpc) is 3.46. The van der Waals surface area contributed by atoms with Gasteiger partial charge in [-0.3, -0.25) is 0 Å². The van der Waals surface area contributed by atoms with Gasteiger partial charge < -0.3 is 19.2 Å². The van der Waals surface area contributed by atoms with E-state index in [4.69, 9.17) is 20.8 Å². The third-order valence-electron chi connectivity index (χ3n) is 8.62. The van der Waals surface area contributed by atoms with Crippen molar-refractivity contribution >= 4 is 55.3 Å². The van der Waals surface area contributed by atoms with E-state index < -0.39 is 44.9 Å². The maximum atomic E-state index is 13.9. The molecule has 10 nitrogen and oxygen atoms in total. The Kier molecular flexibility index (Phi) is 6.32. The topological polar surface area (TPSA) is 136 Å². The lowest BCUT2D eigenvalue weighted by atomic mass is 9.91. The number of rotatable bonds is 6.